The summed E-state index contributed by atoms with van der Waals surface area (Å²) < 4.78 is 39.9. The van der Waals surface area contributed by atoms with E-state index in [-0.39, 0.29) is 34.9 Å². The lowest BCUT2D eigenvalue weighted by Crippen LogP contribution is -2.48. The molecule has 0 aromatic heterocycles. The Morgan fingerprint density at radius 3 is 2.32 bits per heavy atom. The van der Waals surface area contributed by atoms with Crippen LogP contribution in [0.2, 0.25) is 5.02 Å². The summed E-state index contributed by atoms with van der Waals surface area (Å²) in [7, 11) is 0. The molecule has 9 heteroatoms. The SMILES string of the molecule is O=C(Nc1cc(F)c(F)c(F)c1)c1ccc(Cl)c(SC2CC3CC[C@@H](C2)C3(O)CO)c1. The number of amides is 1. The summed E-state index contributed by atoms with van der Waals surface area (Å²) in [5, 5.41) is 23.4. The maximum Gasteiger partial charge on any atom is 0.255 e. The smallest absolute Gasteiger partial charge is 0.255 e. The van der Waals surface area contributed by atoms with E-state index in [1.54, 1.807) is 12.1 Å². The molecule has 4 rings (SSSR count). The molecule has 4 nitrogen and oxygen atoms in total. The van der Waals surface area contributed by atoms with E-state index in [0.717, 1.165) is 25.7 Å². The molecule has 0 saturated heterocycles. The highest BCUT2D eigenvalue weighted by Crippen LogP contribution is 2.53. The van der Waals surface area contributed by atoms with Crippen LogP contribution >= 0.6 is 23.4 Å². The predicted octanol–water partition coefficient (Wildman–Crippen LogP) is 5.01. The van der Waals surface area contributed by atoms with Crippen molar-refractivity contribution in [1.29, 1.82) is 0 Å². The third-order valence-electron chi connectivity index (χ3n) is 6.35. The van der Waals surface area contributed by atoms with Crippen molar-refractivity contribution >= 4 is 35.0 Å². The van der Waals surface area contributed by atoms with Crippen molar-refractivity contribution in [2.75, 3.05) is 11.9 Å². The average Bonchev–Trinajstić information content (AvgIpc) is 2.90. The summed E-state index contributed by atoms with van der Waals surface area (Å²) >= 11 is 7.85. The summed E-state index contributed by atoms with van der Waals surface area (Å²) in [6.45, 7) is -0.235. The molecule has 2 aromatic carbocycles. The van der Waals surface area contributed by atoms with E-state index < -0.39 is 29.0 Å². The maximum absolute atomic E-state index is 13.4. The van der Waals surface area contributed by atoms with E-state index in [1.807, 2.05) is 0 Å². The van der Waals surface area contributed by atoms with Crippen LogP contribution in [0.15, 0.2) is 35.2 Å². The second kappa shape index (κ2) is 8.65. The second-order valence-corrected chi connectivity index (χ2v) is 9.93. The Hall–Kier alpha value is -1.74. The molecule has 2 aliphatic rings. The Labute approximate surface area is 186 Å². The van der Waals surface area contributed by atoms with Gasteiger partial charge in [-0.15, -0.1) is 11.8 Å². The Morgan fingerprint density at radius 1 is 1.13 bits per heavy atom. The zero-order valence-corrected chi connectivity index (χ0v) is 17.9. The molecule has 3 unspecified atom stereocenters. The van der Waals surface area contributed by atoms with Gasteiger partial charge in [-0.1, -0.05) is 11.6 Å². The van der Waals surface area contributed by atoms with Gasteiger partial charge in [0.05, 0.1) is 17.2 Å². The van der Waals surface area contributed by atoms with Gasteiger partial charge < -0.3 is 15.5 Å². The van der Waals surface area contributed by atoms with E-state index >= 15 is 0 Å². The number of anilines is 1. The van der Waals surface area contributed by atoms with Gasteiger partial charge in [-0.3, -0.25) is 4.79 Å². The molecule has 4 atom stereocenters. The van der Waals surface area contributed by atoms with Gasteiger partial charge in [0.15, 0.2) is 17.5 Å². The summed E-state index contributed by atoms with van der Waals surface area (Å²) in [6.07, 6.45) is 3.22. The van der Waals surface area contributed by atoms with Gasteiger partial charge in [0.2, 0.25) is 0 Å². The number of nitrogens with one attached hydrogen (secondary N) is 1. The lowest BCUT2D eigenvalue weighted by atomic mass is 9.75. The van der Waals surface area contributed by atoms with Crippen LogP contribution in [0.4, 0.5) is 18.9 Å². The number of carbonyl (C=O) groups excluding carboxylic acids is 1. The molecule has 1 amide bonds. The highest BCUT2D eigenvalue weighted by atomic mass is 35.5. The topological polar surface area (TPSA) is 69.6 Å². The minimum absolute atomic E-state index is 0.0299. The van der Waals surface area contributed by atoms with E-state index in [4.69, 9.17) is 11.6 Å². The molecule has 0 radical (unpaired) electrons. The highest BCUT2D eigenvalue weighted by molar-refractivity contribution is 8.00. The molecule has 2 fully saturated rings. The third-order valence-corrected chi connectivity index (χ3v) is 8.11. The Kier molecular flexibility index (Phi) is 6.27. The first kappa shape index (κ1) is 22.5. The van der Waals surface area contributed by atoms with Gasteiger partial charge in [-0.25, -0.2) is 13.2 Å². The number of aliphatic hydroxyl groups is 2. The van der Waals surface area contributed by atoms with Crippen LogP contribution in [0.1, 0.15) is 36.0 Å². The van der Waals surface area contributed by atoms with Crippen molar-refractivity contribution in [1.82, 2.24) is 0 Å². The molecule has 3 N–H and O–H groups in total. The van der Waals surface area contributed by atoms with Crippen molar-refractivity contribution in [2.45, 2.75) is 41.4 Å². The fourth-order valence-electron chi connectivity index (χ4n) is 4.71. The number of rotatable bonds is 5. The molecule has 0 aliphatic heterocycles. The largest absolute Gasteiger partial charge is 0.393 e. The van der Waals surface area contributed by atoms with Gasteiger partial charge in [-0.05, 0) is 55.7 Å². The van der Waals surface area contributed by atoms with Gasteiger partial charge in [0, 0.05) is 33.5 Å². The quantitative estimate of drug-likeness (QED) is 0.536. The average molecular weight is 472 g/mol. The number of benzene rings is 2. The van der Waals surface area contributed by atoms with Crippen LogP contribution in [0, 0.1) is 29.3 Å². The summed E-state index contributed by atoms with van der Waals surface area (Å²) in [5.74, 6) is -4.93. The summed E-state index contributed by atoms with van der Waals surface area (Å²) in [6, 6.07) is 6.09. The van der Waals surface area contributed by atoms with E-state index in [0.29, 0.717) is 22.1 Å². The molecule has 2 aliphatic carbocycles. The van der Waals surface area contributed by atoms with Crippen molar-refractivity contribution in [3.05, 3.63) is 58.4 Å². The molecule has 2 saturated carbocycles. The first-order valence-electron chi connectivity index (χ1n) is 9.96. The zero-order valence-electron chi connectivity index (χ0n) is 16.4. The van der Waals surface area contributed by atoms with Gasteiger partial charge in [0.1, 0.15) is 0 Å². The fraction of sp³-hybridized carbons (Fsp3) is 0.409. The number of fused-ring (bicyclic) bond motifs is 2. The monoisotopic (exact) mass is 471 g/mol. The van der Waals surface area contributed by atoms with Crippen molar-refractivity contribution in [3.63, 3.8) is 0 Å². The standard InChI is InChI=1S/C22H21ClF3NO3S/c23-16-4-1-11(21(29)27-14-8-17(24)20(26)18(25)9-14)5-19(16)31-15-6-12-2-3-13(7-15)22(12,30)10-28/h1,4-5,8-9,12-13,15,28,30H,2-3,6-7,10H2,(H,27,29)/t12-,13?,15?,22?/m0/s1. The molecular weight excluding hydrogens is 451 g/mol. The van der Waals surface area contributed by atoms with E-state index in [9.17, 15) is 28.2 Å². The first-order chi connectivity index (χ1) is 14.7. The van der Waals surface area contributed by atoms with Gasteiger partial charge in [0.25, 0.3) is 5.91 Å². The molecule has 166 valence electrons. The lowest BCUT2D eigenvalue weighted by molar-refractivity contribution is -0.0939. The van der Waals surface area contributed by atoms with Crippen molar-refractivity contribution in [2.24, 2.45) is 11.8 Å². The first-order valence-corrected chi connectivity index (χ1v) is 11.2. The van der Waals surface area contributed by atoms with Gasteiger partial charge in [-0.2, -0.15) is 0 Å². The highest BCUT2D eigenvalue weighted by Gasteiger charge is 2.53. The van der Waals surface area contributed by atoms with Crippen LogP contribution in [0.25, 0.3) is 0 Å². The van der Waals surface area contributed by atoms with E-state index in [2.05, 4.69) is 5.32 Å². The normalized spacial score (nSPS) is 27.4. The van der Waals surface area contributed by atoms with E-state index in [1.165, 1.54) is 17.8 Å². The van der Waals surface area contributed by atoms with Crippen LogP contribution in [-0.4, -0.2) is 33.6 Å². The van der Waals surface area contributed by atoms with Crippen LogP contribution < -0.4 is 5.32 Å². The van der Waals surface area contributed by atoms with Crippen LogP contribution in [0.5, 0.6) is 0 Å². The number of carbonyl (C=O) groups is 1. The fourth-order valence-corrected chi connectivity index (χ4v) is 6.35. The molecular formula is C22H21ClF3NO3S. The number of halogens is 4. The molecule has 0 heterocycles. The Morgan fingerprint density at radius 2 is 1.74 bits per heavy atom. The number of aliphatic hydroxyl groups excluding tert-OH is 1. The summed E-state index contributed by atoms with van der Waals surface area (Å²) in [4.78, 5) is 13.2. The number of hydrogen-bond donors (Lipinski definition) is 3. The second-order valence-electron chi connectivity index (χ2n) is 8.19. The minimum Gasteiger partial charge on any atom is -0.393 e. The van der Waals surface area contributed by atoms with Crippen LogP contribution in [0.3, 0.4) is 0 Å². The molecule has 2 aromatic rings. The molecule has 0 spiro atoms. The van der Waals surface area contributed by atoms with Crippen molar-refractivity contribution < 1.29 is 28.2 Å². The van der Waals surface area contributed by atoms with Crippen LogP contribution in [-0.2, 0) is 0 Å². The summed E-state index contributed by atoms with van der Waals surface area (Å²) in [5.41, 5.74) is -0.970. The third kappa shape index (κ3) is 4.31. The maximum atomic E-state index is 13.4. The Balaban J connectivity index is 1.48. The Bertz CT molecular complexity index is 984. The van der Waals surface area contributed by atoms with Gasteiger partial charge >= 0.3 is 0 Å². The molecule has 2 bridgehead atoms. The van der Waals surface area contributed by atoms with Crippen molar-refractivity contribution in [3.8, 4) is 0 Å². The minimum atomic E-state index is -1.60. The number of hydrogen-bond acceptors (Lipinski definition) is 4. The predicted molar refractivity (Wildman–Crippen MR) is 113 cm³/mol. The molecule has 31 heavy (non-hydrogen) atoms. The lowest BCUT2D eigenvalue weighted by Gasteiger charge is -2.41. The zero-order chi connectivity index (χ0) is 22.3. The number of thioether (sulfide) groups is 1.